The van der Waals surface area contributed by atoms with Crippen molar-refractivity contribution in [3.8, 4) is 34.3 Å². The van der Waals surface area contributed by atoms with Crippen LogP contribution in [0, 0.1) is 0 Å². The molecule has 0 saturated carbocycles. The number of phenols is 1. The molecule has 0 fully saturated rings. The predicted octanol–water partition coefficient (Wildman–Crippen LogP) is 4.55. The van der Waals surface area contributed by atoms with Gasteiger partial charge in [0.1, 0.15) is 29.5 Å². The van der Waals surface area contributed by atoms with Crippen LogP contribution in [-0.4, -0.2) is 20.3 Å². The molecule has 2 aromatic carbocycles. The number of aromatic hydroxyl groups is 1. The van der Waals surface area contributed by atoms with E-state index in [0.717, 1.165) is 5.56 Å². The van der Waals surface area contributed by atoms with Crippen molar-refractivity contribution >= 4 is 0 Å². The van der Waals surface area contributed by atoms with E-state index >= 15 is 0 Å². The molecule has 134 valence electrons. The topological polar surface area (TPSA) is 80.3 Å². The van der Waals surface area contributed by atoms with Crippen molar-refractivity contribution in [1.82, 2.24) is 15.2 Å². The molecule has 0 unspecified atom stereocenters. The Morgan fingerprint density at radius 3 is 2.52 bits per heavy atom. The van der Waals surface area contributed by atoms with Gasteiger partial charge in [-0.05, 0) is 42.0 Å². The lowest BCUT2D eigenvalue weighted by molar-refractivity contribution is 0.304. The van der Waals surface area contributed by atoms with Gasteiger partial charge in [-0.3, -0.25) is 10.1 Å². The molecule has 6 nitrogen and oxygen atoms in total. The molecule has 2 heterocycles. The third kappa shape index (κ3) is 3.90. The second-order valence-electron chi connectivity index (χ2n) is 5.85. The first-order valence-electron chi connectivity index (χ1n) is 8.41. The molecule has 6 heteroatoms. The molecule has 27 heavy (non-hydrogen) atoms. The minimum absolute atomic E-state index is 0.0735. The normalized spacial score (nSPS) is 10.5. The van der Waals surface area contributed by atoms with Crippen LogP contribution in [0.1, 0.15) is 5.56 Å². The van der Waals surface area contributed by atoms with Gasteiger partial charge in [-0.25, -0.2) is 0 Å². The van der Waals surface area contributed by atoms with Crippen molar-refractivity contribution in [2.45, 2.75) is 6.61 Å². The molecule has 2 aromatic heterocycles. The first-order chi connectivity index (χ1) is 13.3. The zero-order valence-electron chi connectivity index (χ0n) is 14.4. The zero-order chi connectivity index (χ0) is 18.5. The van der Waals surface area contributed by atoms with Gasteiger partial charge in [0.05, 0.1) is 6.20 Å². The van der Waals surface area contributed by atoms with Crippen molar-refractivity contribution < 1.29 is 14.6 Å². The van der Waals surface area contributed by atoms with Gasteiger partial charge in [0, 0.05) is 24.0 Å². The molecule has 0 atom stereocenters. The summed E-state index contributed by atoms with van der Waals surface area (Å²) < 4.78 is 11.6. The maximum absolute atomic E-state index is 10.5. The van der Waals surface area contributed by atoms with Gasteiger partial charge in [-0.15, -0.1) is 0 Å². The Kier molecular flexibility index (Phi) is 4.70. The SMILES string of the molecule is Oc1cc(OCc2ccncc2)ccc1-c1[nH]ncc1Oc1ccccc1. The second kappa shape index (κ2) is 7.61. The highest BCUT2D eigenvalue weighted by Gasteiger charge is 2.14. The number of nitrogens with zero attached hydrogens (tertiary/aromatic N) is 2. The molecular formula is C21H17N3O3. The van der Waals surface area contributed by atoms with Gasteiger partial charge in [0.15, 0.2) is 5.75 Å². The number of rotatable bonds is 6. The van der Waals surface area contributed by atoms with Gasteiger partial charge < -0.3 is 14.6 Å². The summed E-state index contributed by atoms with van der Waals surface area (Å²) in [6.45, 7) is 0.397. The van der Waals surface area contributed by atoms with E-state index < -0.39 is 0 Å². The Balaban J connectivity index is 1.52. The number of hydrogen-bond acceptors (Lipinski definition) is 5. The maximum atomic E-state index is 10.5. The van der Waals surface area contributed by atoms with Gasteiger partial charge in [-0.2, -0.15) is 5.10 Å². The Morgan fingerprint density at radius 2 is 1.74 bits per heavy atom. The molecule has 4 rings (SSSR count). The minimum atomic E-state index is 0.0735. The predicted molar refractivity (Wildman–Crippen MR) is 101 cm³/mol. The maximum Gasteiger partial charge on any atom is 0.173 e. The van der Waals surface area contributed by atoms with Crippen molar-refractivity contribution in [2.24, 2.45) is 0 Å². The zero-order valence-corrected chi connectivity index (χ0v) is 14.4. The van der Waals surface area contributed by atoms with Crippen LogP contribution in [0.15, 0.2) is 79.3 Å². The molecule has 0 bridgehead atoms. The first kappa shape index (κ1) is 16.7. The highest BCUT2D eigenvalue weighted by Crippen LogP contribution is 2.37. The number of pyridine rings is 1. The van der Waals surface area contributed by atoms with Crippen LogP contribution in [0.3, 0.4) is 0 Å². The van der Waals surface area contributed by atoms with E-state index in [9.17, 15) is 5.11 Å². The summed E-state index contributed by atoms with van der Waals surface area (Å²) in [4.78, 5) is 3.98. The highest BCUT2D eigenvalue weighted by atomic mass is 16.5. The van der Waals surface area contributed by atoms with Crippen LogP contribution in [0.25, 0.3) is 11.3 Å². The number of aromatic amines is 1. The van der Waals surface area contributed by atoms with Gasteiger partial charge >= 0.3 is 0 Å². The van der Waals surface area contributed by atoms with E-state index in [4.69, 9.17) is 9.47 Å². The fourth-order valence-electron chi connectivity index (χ4n) is 2.62. The van der Waals surface area contributed by atoms with Crippen molar-refractivity contribution in [3.05, 3.63) is 84.8 Å². The fraction of sp³-hybridized carbons (Fsp3) is 0.0476. The Hall–Kier alpha value is -3.80. The number of nitrogens with one attached hydrogen (secondary N) is 1. The Bertz CT molecular complexity index is 1020. The summed E-state index contributed by atoms with van der Waals surface area (Å²) in [6, 6.07) is 18.3. The Morgan fingerprint density at radius 1 is 0.926 bits per heavy atom. The summed E-state index contributed by atoms with van der Waals surface area (Å²) in [5.74, 6) is 1.86. The fourth-order valence-corrected chi connectivity index (χ4v) is 2.62. The molecule has 0 radical (unpaired) electrons. The van der Waals surface area contributed by atoms with Crippen molar-refractivity contribution in [2.75, 3.05) is 0 Å². The van der Waals surface area contributed by atoms with E-state index in [2.05, 4.69) is 15.2 Å². The van der Waals surface area contributed by atoms with Gasteiger partial charge in [0.25, 0.3) is 0 Å². The lowest BCUT2D eigenvalue weighted by atomic mass is 10.1. The van der Waals surface area contributed by atoms with E-state index in [1.54, 1.807) is 36.8 Å². The number of aromatic nitrogens is 3. The minimum Gasteiger partial charge on any atom is -0.507 e. The molecule has 0 amide bonds. The monoisotopic (exact) mass is 359 g/mol. The Labute approximate surface area is 156 Å². The number of ether oxygens (including phenoxy) is 2. The largest absolute Gasteiger partial charge is 0.507 e. The van der Waals surface area contributed by atoms with E-state index in [1.807, 2.05) is 42.5 Å². The molecule has 4 aromatic rings. The molecule has 0 spiro atoms. The molecule has 0 aliphatic heterocycles. The second-order valence-corrected chi connectivity index (χ2v) is 5.85. The first-order valence-corrected chi connectivity index (χ1v) is 8.41. The molecular weight excluding hydrogens is 342 g/mol. The smallest absolute Gasteiger partial charge is 0.173 e. The lowest BCUT2D eigenvalue weighted by Gasteiger charge is -2.10. The highest BCUT2D eigenvalue weighted by molar-refractivity contribution is 5.73. The van der Waals surface area contributed by atoms with Crippen LogP contribution >= 0.6 is 0 Å². The summed E-state index contributed by atoms with van der Waals surface area (Å²) in [5, 5.41) is 17.4. The average molecular weight is 359 g/mol. The van der Waals surface area contributed by atoms with Crippen LogP contribution in [0.4, 0.5) is 0 Å². The number of para-hydroxylation sites is 1. The van der Waals surface area contributed by atoms with Crippen molar-refractivity contribution in [1.29, 1.82) is 0 Å². The van der Waals surface area contributed by atoms with Crippen LogP contribution in [0.2, 0.25) is 0 Å². The van der Waals surface area contributed by atoms with Crippen LogP contribution in [-0.2, 0) is 6.61 Å². The summed E-state index contributed by atoms with van der Waals surface area (Å²) >= 11 is 0. The van der Waals surface area contributed by atoms with Crippen LogP contribution < -0.4 is 9.47 Å². The molecule has 0 saturated heterocycles. The third-order valence-corrected chi connectivity index (χ3v) is 3.97. The van der Waals surface area contributed by atoms with E-state index in [1.165, 1.54) is 0 Å². The summed E-state index contributed by atoms with van der Waals surface area (Å²) in [7, 11) is 0. The van der Waals surface area contributed by atoms with Crippen molar-refractivity contribution in [3.63, 3.8) is 0 Å². The summed E-state index contributed by atoms with van der Waals surface area (Å²) in [6.07, 6.45) is 5.01. The van der Waals surface area contributed by atoms with Crippen LogP contribution in [0.5, 0.6) is 23.0 Å². The lowest BCUT2D eigenvalue weighted by Crippen LogP contribution is -1.95. The molecule has 0 aliphatic rings. The standard InChI is InChI=1S/C21H17N3O3/c25-19-12-17(26-14-15-8-10-22-11-9-15)6-7-18(19)21-20(13-23-24-21)27-16-4-2-1-3-5-16/h1-13,25H,14H2,(H,23,24). The third-order valence-electron chi connectivity index (χ3n) is 3.97. The quantitative estimate of drug-likeness (QED) is 0.528. The molecule has 2 N–H and O–H groups in total. The molecule has 0 aliphatic carbocycles. The average Bonchev–Trinajstić information content (AvgIpc) is 3.16. The number of H-pyrrole nitrogens is 1. The number of phenolic OH excluding ortho intramolecular Hbond substituents is 1. The van der Waals surface area contributed by atoms with E-state index in [0.29, 0.717) is 35.1 Å². The number of benzene rings is 2. The number of hydrogen-bond donors (Lipinski definition) is 2. The van der Waals surface area contributed by atoms with Gasteiger partial charge in [0.2, 0.25) is 0 Å². The summed E-state index contributed by atoms with van der Waals surface area (Å²) in [5.41, 5.74) is 2.17. The van der Waals surface area contributed by atoms with E-state index in [-0.39, 0.29) is 5.75 Å². The van der Waals surface area contributed by atoms with Gasteiger partial charge in [-0.1, -0.05) is 18.2 Å².